The van der Waals surface area contributed by atoms with Crippen molar-refractivity contribution in [2.75, 3.05) is 47.1 Å². The van der Waals surface area contributed by atoms with Crippen molar-refractivity contribution in [2.24, 2.45) is 0 Å². The summed E-state index contributed by atoms with van der Waals surface area (Å²) in [5, 5.41) is 2.92. The van der Waals surface area contributed by atoms with Crippen LogP contribution in [0.25, 0.3) is 22.3 Å². The van der Waals surface area contributed by atoms with Gasteiger partial charge in [-0.15, -0.1) is 0 Å². The second-order valence-corrected chi connectivity index (χ2v) is 7.08. The fourth-order valence-corrected chi connectivity index (χ4v) is 2.97. The SMILES string of the molecule is COc1ncc(-c2cc(-c3cccc(C(=O)NCCN(C)C)c3)cnc2N)c(OC)n1. The number of methoxy groups -OCH3 is 2. The summed E-state index contributed by atoms with van der Waals surface area (Å²) in [5.74, 6) is 0.512. The number of aromatic nitrogens is 3. The third-order valence-corrected chi connectivity index (χ3v) is 4.62. The largest absolute Gasteiger partial charge is 0.480 e. The van der Waals surface area contributed by atoms with Crippen molar-refractivity contribution >= 4 is 11.7 Å². The van der Waals surface area contributed by atoms with E-state index in [2.05, 4.69) is 20.3 Å². The van der Waals surface area contributed by atoms with E-state index in [1.807, 2.05) is 43.3 Å². The minimum atomic E-state index is -0.127. The average molecular weight is 422 g/mol. The van der Waals surface area contributed by atoms with E-state index in [9.17, 15) is 4.79 Å². The number of carbonyl (C=O) groups is 1. The molecule has 0 atom stereocenters. The molecule has 0 saturated heterocycles. The van der Waals surface area contributed by atoms with Crippen LogP contribution in [0.4, 0.5) is 5.82 Å². The first kappa shape index (κ1) is 22.0. The van der Waals surface area contributed by atoms with Crippen molar-refractivity contribution in [3.8, 4) is 34.1 Å². The Kier molecular flexibility index (Phi) is 6.99. The summed E-state index contributed by atoms with van der Waals surface area (Å²) in [6.45, 7) is 1.34. The Bertz CT molecular complexity index is 1070. The molecule has 0 fully saturated rings. The number of amides is 1. The van der Waals surface area contributed by atoms with Crippen molar-refractivity contribution < 1.29 is 14.3 Å². The Balaban J connectivity index is 1.93. The average Bonchev–Trinajstić information content (AvgIpc) is 2.78. The van der Waals surface area contributed by atoms with Crippen LogP contribution in [0, 0.1) is 0 Å². The Labute approximate surface area is 181 Å². The number of hydrogen-bond donors (Lipinski definition) is 2. The van der Waals surface area contributed by atoms with Gasteiger partial charge in [-0.2, -0.15) is 4.98 Å². The summed E-state index contributed by atoms with van der Waals surface area (Å²) < 4.78 is 10.4. The standard InChI is InChI=1S/C22H26N6O3/c1-28(2)9-8-24-20(29)15-7-5-6-14(10-15)16-11-17(19(23)25-12-16)18-13-26-22(31-4)27-21(18)30-3/h5-7,10-13H,8-9H2,1-4H3,(H2,23,25)(H,24,29). The van der Waals surface area contributed by atoms with Crippen LogP contribution < -0.4 is 20.5 Å². The number of likely N-dealkylation sites (N-methyl/N-ethyl adjacent to an activating group) is 1. The first-order chi connectivity index (χ1) is 14.9. The van der Waals surface area contributed by atoms with Gasteiger partial charge < -0.3 is 25.4 Å². The Morgan fingerprint density at radius 3 is 2.58 bits per heavy atom. The van der Waals surface area contributed by atoms with Gasteiger partial charge in [0.2, 0.25) is 5.88 Å². The van der Waals surface area contributed by atoms with Crippen LogP contribution in [0.2, 0.25) is 0 Å². The molecular formula is C22H26N6O3. The van der Waals surface area contributed by atoms with Gasteiger partial charge in [0.15, 0.2) is 0 Å². The molecule has 0 unspecified atom stereocenters. The predicted octanol–water partition coefficient (Wildman–Crippen LogP) is 2.10. The minimum absolute atomic E-state index is 0.127. The molecule has 1 aromatic carbocycles. The number of anilines is 1. The lowest BCUT2D eigenvalue weighted by atomic mass is 10.0. The van der Waals surface area contributed by atoms with Gasteiger partial charge >= 0.3 is 6.01 Å². The van der Waals surface area contributed by atoms with Crippen molar-refractivity contribution in [3.63, 3.8) is 0 Å². The smallest absolute Gasteiger partial charge is 0.319 e. The highest BCUT2D eigenvalue weighted by Crippen LogP contribution is 2.34. The Morgan fingerprint density at radius 2 is 1.87 bits per heavy atom. The molecule has 0 radical (unpaired) electrons. The maximum atomic E-state index is 12.5. The fourth-order valence-electron chi connectivity index (χ4n) is 2.97. The number of benzene rings is 1. The molecule has 9 nitrogen and oxygen atoms in total. The van der Waals surface area contributed by atoms with Gasteiger partial charge in [0.1, 0.15) is 5.82 Å². The highest BCUT2D eigenvalue weighted by Gasteiger charge is 2.16. The second kappa shape index (κ2) is 9.86. The number of nitrogens with zero attached hydrogens (tertiary/aromatic N) is 4. The first-order valence-corrected chi connectivity index (χ1v) is 9.67. The highest BCUT2D eigenvalue weighted by molar-refractivity contribution is 5.95. The van der Waals surface area contributed by atoms with E-state index in [0.717, 1.165) is 17.7 Å². The van der Waals surface area contributed by atoms with Crippen LogP contribution in [0.15, 0.2) is 42.7 Å². The van der Waals surface area contributed by atoms with E-state index in [1.165, 1.54) is 14.2 Å². The number of nitrogens with one attached hydrogen (secondary N) is 1. The lowest BCUT2D eigenvalue weighted by Crippen LogP contribution is -2.31. The number of carbonyl (C=O) groups excluding carboxylic acids is 1. The molecule has 3 rings (SSSR count). The van der Waals surface area contributed by atoms with E-state index in [1.54, 1.807) is 18.5 Å². The minimum Gasteiger partial charge on any atom is -0.480 e. The van der Waals surface area contributed by atoms with Gasteiger partial charge in [-0.05, 0) is 37.9 Å². The number of rotatable bonds is 8. The zero-order valence-corrected chi connectivity index (χ0v) is 18.0. The lowest BCUT2D eigenvalue weighted by Gasteiger charge is -2.13. The monoisotopic (exact) mass is 422 g/mol. The molecule has 1 amide bonds. The third kappa shape index (κ3) is 5.26. The van der Waals surface area contributed by atoms with Crippen LogP contribution in [-0.4, -0.2) is 67.2 Å². The van der Waals surface area contributed by atoms with Gasteiger partial charge in [0, 0.05) is 42.2 Å². The maximum absolute atomic E-state index is 12.5. The van der Waals surface area contributed by atoms with Crippen LogP contribution >= 0.6 is 0 Å². The summed E-state index contributed by atoms with van der Waals surface area (Å²) in [6, 6.07) is 9.42. The van der Waals surface area contributed by atoms with Crippen molar-refractivity contribution in [1.82, 2.24) is 25.2 Å². The maximum Gasteiger partial charge on any atom is 0.319 e. The van der Waals surface area contributed by atoms with Gasteiger partial charge in [-0.25, -0.2) is 9.97 Å². The molecule has 2 heterocycles. The van der Waals surface area contributed by atoms with Crippen molar-refractivity contribution in [3.05, 3.63) is 48.3 Å². The number of hydrogen-bond acceptors (Lipinski definition) is 8. The molecule has 0 aliphatic carbocycles. The van der Waals surface area contributed by atoms with E-state index in [4.69, 9.17) is 15.2 Å². The molecule has 0 aliphatic rings. The van der Waals surface area contributed by atoms with E-state index in [-0.39, 0.29) is 11.9 Å². The topological polar surface area (TPSA) is 115 Å². The predicted molar refractivity (Wildman–Crippen MR) is 119 cm³/mol. The zero-order valence-electron chi connectivity index (χ0n) is 18.0. The van der Waals surface area contributed by atoms with Gasteiger partial charge in [-0.1, -0.05) is 12.1 Å². The molecular weight excluding hydrogens is 396 g/mol. The molecule has 9 heteroatoms. The number of pyridine rings is 1. The summed E-state index contributed by atoms with van der Waals surface area (Å²) in [5.41, 5.74) is 9.54. The highest BCUT2D eigenvalue weighted by atomic mass is 16.5. The quantitative estimate of drug-likeness (QED) is 0.567. The van der Waals surface area contributed by atoms with Gasteiger partial charge in [0.05, 0.1) is 19.8 Å². The van der Waals surface area contributed by atoms with E-state index >= 15 is 0 Å². The van der Waals surface area contributed by atoms with Gasteiger partial charge in [-0.3, -0.25) is 4.79 Å². The second-order valence-electron chi connectivity index (χ2n) is 7.08. The summed E-state index contributed by atoms with van der Waals surface area (Å²) in [6.07, 6.45) is 3.25. The van der Waals surface area contributed by atoms with Gasteiger partial charge in [0.25, 0.3) is 5.91 Å². The van der Waals surface area contributed by atoms with E-state index in [0.29, 0.717) is 34.9 Å². The fraction of sp³-hybridized carbons (Fsp3) is 0.273. The summed E-state index contributed by atoms with van der Waals surface area (Å²) in [7, 11) is 6.91. The van der Waals surface area contributed by atoms with Crippen LogP contribution in [0.3, 0.4) is 0 Å². The molecule has 0 bridgehead atoms. The first-order valence-electron chi connectivity index (χ1n) is 9.67. The Morgan fingerprint density at radius 1 is 1.06 bits per heavy atom. The molecule has 2 aromatic heterocycles. The normalized spacial score (nSPS) is 10.7. The van der Waals surface area contributed by atoms with Crippen LogP contribution in [0.5, 0.6) is 11.9 Å². The number of nitrogens with two attached hydrogens (primary N) is 1. The molecule has 31 heavy (non-hydrogen) atoms. The summed E-state index contributed by atoms with van der Waals surface area (Å²) >= 11 is 0. The molecule has 162 valence electrons. The van der Waals surface area contributed by atoms with E-state index < -0.39 is 0 Å². The number of ether oxygens (including phenoxy) is 2. The zero-order chi connectivity index (χ0) is 22.4. The number of nitrogen functional groups attached to an aromatic ring is 1. The molecule has 3 aromatic rings. The van der Waals surface area contributed by atoms with Crippen LogP contribution in [-0.2, 0) is 0 Å². The lowest BCUT2D eigenvalue weighted by molar-refractivity contribution is 0.0951. The Hall–Kier alpha value is -3.72. The van der Waals surface area contributed by atoms with Crippen molar-refractivity contribution in [1.29, 1.82) is 0 Å². The molecule has 0 aliphatic heterocycles. The van der Waals surface area contributed by atoms with Crippen molar-refractivity contribution in [2.45, 2.75) is 0 Å². The van der Waals surface area contributed by atoms with Crippen LogP contribution in [0.1, 0.15) is 10.4 Å². The third-order valence-electron chi connectivity index (χ3n) is 4.62. The molecule has 3 N–H and O–H groups in total. The molecule has 0 spiro atoms. The summed E-state index contributed by atoms with van der Waals surface area (Å²) in [4.78, 5) is 27.2. The molecule has 0 saturated carbocycles.